The molecule has 3 heterocycles. The van der Waals surface area contributed by atoms with Crippen molar-refractivity contribution >= 4 is 28.4 Å². The number of hydrogen-bond acceptors (Lipinski definition) is 4. The molecule has 2 aromatic carbocycles. The van der Waals surface area contributed by atoms with Crippen LogP contribution in [0, 0.1) is 13.8 Å². The number of fused-ring (bicyclic) bond motifs is 2. The number of benzene rings is 2. The number of nitrogens with zero attached hydrogens (tertiary/aromatic N) is 4. The summed E-state index contributed by atoms with van der Waals surface area (Å²) in [6.45, 7) is 4.04. The zero-order chi connectivity index (χ0) is 20.7. The fraction of sp³-hybridized carbons (Fsp3) is 0.125. The van der Waals surface area contributed by atoms with Crippen molar-refractivity contribution in [3.8, 4) is 5.69 Å². The molecule has 0 radical (unpaired) electrons. The van der Waals surface area contributed by atoms with Gasteiger partial charge in [-0.25, -0.2) is 9.97 Å². The Kier molecular flexibility index (Phi) is 4.64. The molecule has 0 unspecified atom stereocenters. The summed E-state index contributed by atoms with van der Waals surface area (Å²) in [6.07, 6.45) is 1.82. The normalized spacial score (nSPS) is 11.4. The zero-order valence-electron chi connectivity index (χ0n) is 16.7. The minimum absolute atomic E-state index is 0.0636. The Labute approximate surface area is 178 Å². The van der Waals surface area contributed by atoms with E-state index in [0.29, 0.717) is 11.4 Å². The number of para-hydroxylation sites is 2. The molecule has 0 aliphatic carbocycles. The Morgan fingerprint density at radius 1 is 0.900 bits per heavy atom. The van der Waals surface area contributed by atoms with Crippen molar-refractivity contribution in [2.24, 2.45) is 0 Å². The van der Waals surface area contributed by atoms with E-state index in [1.54, 1.807) is 22.2 Å². The molecule has 5 aromatic rings. The average molecular weight is 413 g/mol. The molecule has 6 heteroatoms. The van der Waals surface area contributed by atoms with Gasteiger partial charge in [0.05, 0.1) is 16.7 Å². The summed E-state index contributed by atoms with van der Waals surface area (Å²) in [5, 5.41) is 0.881. The van der Waals surface area contributed by atoms with Gasteiger partial charge in [-0.3, -0.25) is 13.8 Å². The maximum atomic E-state index is 12.5. The molecule has 0 atom stereocenters. The summed E-state index contributed by atoms with van der Waals surface area (Å²) in [6, 6.07) is 22.0. The van der Waals surface area contributed by atoms with Gasteiger partial charge in [0.1, 0.15) is 5.65 Å². The van der Waals surface area contributed by atoms with Crippen molar-refractivity contribution in [1.82, 2.24) is 18.9 Å². The number of rotatable bonds is 4. The molecular formula is C24H20N4OS. The molecule has 0 saturated heterocycles. The van der Waals surface area contributed by atoms with Crippen molar-refractivity contribution in [2.75, 3.05) is 0 Å². The van der Waals surface area contributed by atoms with Crippen LogP contribution < -0.4 is 5.56 Å². The third kappa shape index (κ3) is 3.39. The summed E-state index contributed by atoms with van der Waals surface area (Å²) < 4.78 is 3.75. The number of pyridine rings is 1. The van der Waals surface area contributed by atoms with Crippen LogP contribution in [0.2, 0.25) is 0 Å². The molecule has 5 nitrogen and oxygen atoms in total. The van der Waals surface area contributed by atoms with Crippen molar-refractivity contribution in [1.29, 1.82) is 0 Å². The van der Waals surface area contributed by atoms with Crippen LogP contribution in [0.4, 0.5) is 0 Å². The Morgan fingerprint density at radius 2 is 1.67 bits per heavy atom. The predicted octanol–water partition coefficient (Wildman–Crippen LogP) is 4.94. The Bertz CT molecular complexity index is 1430. The van der Waals surface area contributed by atoms with Crippen molar-refractivity contribution in [3.05, 3.63) is 100 Å². The second-order valence-corrected chi connectivity index (χ2v) is 8.31. The van der Waals surface area contributed by atoms with Gasteiger partial charge in [0, 0.05) is 23.7 Å². The maximum absolute atomic E-state index is 12.5. The van der Waals surface area contributed by atoms with Crippen LogP contribution >= 0.6 is 11.8 Å². The highest BCUT2D eigenvalue weighted by Crippen LogP contribution is 2.29. The minimum atomic E-state index is -0.0636. The number of thioether (sulfide) groups is 1. The van der Waals surface area contributed by atoms with E-state index in [0.717, 1.165) is 33.1 Å². The first-order valence-electron chi connectivity index (χ1n) is 9.75. The largest absolute Gasteiger partial charge is 0.287 e. The monoisotopic (exact) mass is 412 g/mol. The predicted molar refractivity (Wildman–Crippen MR) is 122 cm³/mol. The molecule has 0 bridgehead atoms. The average Bonchev–Trinajstić information content (AvgIpc) is 3.12. The van der Waals surface area contributed by atoms with Crippen molar-refractivity contribution in [3.63, 3.8) is 0 Å². The van der Waals surface area contributed by atoms with Gasteiger partial charge in [0.2, 0.25) is 0 Å². The number of aromatic nitrogens is 4. The van der Waals surface area contributed by atoms with E-state index in [-0.39, 0.29) is 5.56 Å². The third-order valence-electron chi connectivity index (χ3n) is 5.03. The molecule has 0 fully saturated rings. The first-order valence-corrected chi connectivity index (χ1v) is 10.7. The van der Waals surface area contributed by atoms with E-state index in [1.165, 1.54) is 5.56 Å². The van der Waals surface area contributed by atoms with Crippen LogP contribution in [-0.4, -0.2) is 18.9 Å². The lowest BCUT2D eigenvalue weighted by atomic mass is 10.2. The first-order chi connectivity index (χ1) is 14.6. The van der Waals surface area contributed by atoms with Crippen LogP contribution in [0.5, 0.6) is 0 Å². The van der Waals surface area contributed by atoms with Crippen LogP contribution in [-0.2, 0) is 5.75 Å². The molecule has 0 aliphatic rings. The smallest absolute Gasteiger partial charge is 0.258 e. The highest BCUT2D eigenvalue weighted by atomic mass is 32.2. The van der Waals surface area contributed by atoms with Crippen molar-refractivity contribution < 1.29 is 0 Å². The molecule has 30 heavy (non-hydrogen) atoms. The summed E-state index contributed by atoms with van der Waals surface area (Å²) in [5.41, 5.74) is 6.67. The van der Waals surface area contributed by atoms with Gasteiger partial charge in [-0.1, -0.05) is 47.7 Å². The summed E-state index contributed by atoms with van der Waals surface area (Å²) >= 11 is 1.59. The molecule has 3 aromatic heterocycles. The Hall–Kier alpha value is -3.38. The number of imidazole rings is 1. The maximum Gasteiger partial charge on any atom is 0.258 e. The number of hydrogen-bond donors (Lipinski definition) is 0. The zero-order valence-corrected chi connectivity index (χ0v) is 17.6. The Morgan fingerprint density at radius 3 is 2.50 bits per heavy atom. The molecule has 0 spiro atoms. The van der Waals surface area contributed by atoms with Gasteiger partial charge in [-0.15, -0.1) is 0 Å². The second kappa shape index (κ2) is 7.46. The molecule has 0 N–H and O–H groups in total. The second-order valence-electron chi connectivity index (χ2n) is 7.36. The van der Waals surface area contributed by atoms with Crippen LogP contribution in [0.3, 0.4) is 0 Å². The summed E-state index contributed by atoms with van der Waals surface area (Å²) in [7, 11) is 0. The van der Waals surface area contributed by atoms with Gasteiger partial charge in [0.15, 0.2) is 5.16 Å². The van der Waals surface area contributed by atoms with E-state index < -0.39 is 0 Å². The molecule has 0 amide bonds. The lowest BCUT2D eigenvalue weighted by Gasteiger charge is -2.10. The molecule has 148 valence electrons. The lowest BCUT2D eigenvalue weighted by molar-refractivity contribution is 0.916. The van der Waals surface area contributed by atoms with E-state index in [2.05, 4.69) is 46.8 Å². The fourth-order valence-electron chi connectivity index (χ4n) is 3.51. The first kappa shape index (κ1) is 18.6. The van der Waals surface area contributed by atoms with Gasteiger partial charge >= 0.3 is 0 Å². The summed E-state index contributed by atoms with van der Waals surface area (Å²) in [5.74, 6) is 0.564. The summed E-state index contributed by atoms with van der Waals surface area (Å²) in [4.78, 5) is 22.0. The highest BCUT2D eigenvalue weighted by Gasteiger charge is 2.14. The molecule has 0 aliphatic heterocycles. The fourth-order valence-corrected chi connectivity index (χ4v) is 4.44. The van der Waals surface area contributed by atoms with E-state index >= 15 is 0 Å². The topological polar surface area (TPSA) is 52.2 Å². The number of aryl methyl sites for hydroxylation is 2. The third-order valence-corrected chi connectivity index (χ3v) is 6.00. The quantitative estimate of drug-likeness (QED) is 0.392. The van der Waals surface area contributed by atoms with Gasteiger partial charge in [0.25, 0.3) is 5.56 Å². The van der Waals surface area contributed by atoms with Gasteiger partial charge in [-0.2, -0.15) is 0 Å². The minimum Gasteiger partial charge on any atom is -0.287 e. The van der Waals surface area contributed by atoms with Crippen LogP contribution in [0.1, 0.15) is 16.8 Å². The van der Waals surface area contributed by atoms with E-state index in [9.17, 15) is 4.79 Å². The SMILES string of the molecule is Cc1ccc(-n2c(SCc3cc(=O)n4cc(C)ccc4n3)nc3ccccc32)cc1. The highest BCUT2D eigenvalue weighted by molar-refractivity contribution is 7.98. The molecule has 0 saturated carbocycles. The Balaban J connectivity index is 1.54. The van der Waals surface area contributed by atoms with Crippen LogP contribution in [0.25, 0.3) is 22.4 Å². The van der Waals surface area contributed by atoms with Gasteiger partial charge in [-0.05, 0) is 49.7 Å². The molecular weight excluding hydrogens is 392 g/mol. The standard InChI is InChI=1S/C24H20N4OS/c1-16-7-10-19(11-8-16)28-21-6-4-3-5-20(21)26-24(28)30-15-18-13-23(29)27-14-17(2)9-12-22(27)25-18/h3-14H,15H2,1-2H3. The van der Waals surface area contributed by atoms with Crippen molar-refractivity contribution in [2.45, 2.75) is 24.8 Å². The van der Waals surface area contributed by atoms with Gasteiger partial charge < -0.3 is 0 Å². The molecule has 5 rings (SSSR count). The lowest BCUT2D eigenvalue weighted by Crippen LogP contribution is -2.15. The van der Waals surface area contributed by atoms with E-state index in [4.69, 9.17) is 4.98 Å². The van der Waals surface area contributed by atoms with Crippen LogP contribution in [0.15, 0.2) is 82.9 Å². The van der Waals surface area contributed by atoms with E-state index in [1.807, 2.05) is 43.5 Å².